The number of unbranched alkanes of at least 4 members (excludes halogenated alkanes) is 3. The van der Waals surface area contributed by atoms with Gasteiger partial charge in [0, 0.05) is 5.39 Å². The molecule has 2 nitrogen and oxygen atoms in total. The fourth-order valence-electron chi connectivity index (χ4n) is 1.84. The Morgan fingerprint density at radius 1 is 1.12 bits per heavy atom. The van der Waals surface area contributed by atoms with Gasteiger partial charge in [0.2, 0.25) is 0 Å². The average molecular weight is 240 g/mol. The van der Waals surface area contributed by atoms with E-state index in [1.165, 1.54) is 31.1 Å². The highest BCUT2D eigenvalue weighted by atomic mass is 35.5. The summed E-state index contributed by atoms with van der Waals surface area (Å²) in [4.78, 5) is 0. The van der Waals surface area contributed by atoms with Crippen LogP contribution in [0.3, 0.4) is 0 Å². The Morgan fingerprint density at radius 2 is 1.94 bits per heavy atom. The maximum absolute atomic E-state index is 5.26. The molecular weight excluding hydrogens is 222 g/mol. The van der Waals surface area contributed by atoms with Crippen molar-refractivity contribution in [3.05, 3.63) is 30.0 Å². The van der Waals surface area contributed by atoms with Crippen molar-refractivity contribution >= 4 is 23.4 Å². The lowest BCUT2D eigenvalue weighted by Gasteiger charge is -1.96. The zero-order valence-electron chi connectivity index (χ0n) is 9.61. The summed E-state index contributed by atoms with van der Waals surface area (Å²) < 4.78 is 5.26. The Balaban J connectivity index is 0.00000128. The van der Waals surface area contributed by atoms with Gasteiger partial charge in [-0.25, -0.2) is 0 Å². The van der Waals surface area contributed by atoms with Crippen molar-refractivity contribution in [2.45, 2.75) is 39.0 Å². The van der Waals surface area contributed by atoms with Gasteiger partial charge < -0.3 is 4.52 Å². The van der Waals surface area contributed by atoms with Gasteiger partial charge in [-0.05, 0) is 25.0 Å². The summed E-state index contributed by atoms with van der Waals surface area (Å²) in [7, 11) is 0. The van der Waals surface area contributed by atoms with Gasteiger partial charge in [-0.2, -0.15) is 0 Å². The molecule has 0 aliphatic rings. The monoisotopic (exact) mass is 239 g/mol. The number of aryl methyl sites for hydroxylation is 1. The summed E-state index contributed by atoms with van der Waals surface area (Å²) in [6, 6.07) is 8.07. The van der Waals surface area contributed by atoms with Crippen molar-refractivity contribution in [1.29, 1.82) is 0 Å². The number of benzene rings is 1. The Morgan fingerprint density at radius 3 is 2.75 bits per heavy atom. The topological polar surface area (TPSA) is 26.0 Å². The highest BCUT2D eigenvalue weighted by Crippen LogP contribution is 2.19. The van der Waals surface area contributed by atoms with E-state index in [4.69, 9.17) is 4.52 Å². The SMILES string of the molecule is CCCCCCc1noc2ccccc12.Cl. The molecule has 0 saturated carbocycles. The van der Waals surface area contributed by atoms with E-state index >= 15 is 0 Å². The van der Waals surface area contributed by atoms with E-state index in [2.05, 4.69) is 18.1 Å². The molecule has 0 aliphatic carbocycles. The lowest BCUT2D eigenvalue weighted by atomic mass is 10.1. The van der Waals surface area contributed by atoms with Crippen molar-refractivity contribution in [2.24, 2.45) is 0 Å². The lowest BCUT2D eigenvalue weighted by Crippen LogP contribution is -1.86. The number of aromatic nitrogens is 1. The van der Waals surface area contributed by atoms with Crippen LogP contribution in [-0.4, -0.2) is 5.16 Å². The van der Waals surface area contributed by atoms with Crippen molar-refractivity contribution < 1.29 is 4.52 Å². The minimum Gasteiger partial charge on any atom is -0.356 e. The standard InChI is InChI=1S/C13H17NO.ClH/c1-2-3-4-5-9-12-11-8-6-7-10-13(11)15-14-12;/h6-8,10H,2-5,9H2,1H3;1H. The third kappa shape index (κ3) is 2.99. The number of hydrogen-bond donors (Lipinski definition) is 0. The zero-order chi connectivity index (χ0) is 10.5. The molecule has 1 aromatic carbocycles. The Hall–Kier alpha value is -1.02. The van der Waals surface area contributed by atoms with Crippen LogP contribution in [-0.2, 0) is 6.42 Å². The summed E-state index contributed by atoms with van der Waals surface area (Å²) in [6.07, 6.45) is 6.13. The minimum absolute atomic E-state index is 0. The fourth-order valence-corrected chi connectivity index (χ4v) is 1.84. The first-order valence-corrected chi connectivity index (χ1v) is 5.75. The Kier molecular flexibility index (Phi) is 5.33. The van der Waals surface area contributed by atoms with Crippen LogP contribution in [0.15, 0.2) is 28.8 Å². The molecule has 0 atom stereocenters. The third-order valence-electron chi connectivity index (χ3n) is 2.72. The molecule has 2 aromatic rings. The molecule has 3 heteroatoms. The van der Waals surface area contributed by atoms with Crippen LogP contribution in [0.25, 0.3) is 11.0 Å². The molecule has 0 amide bonds. The molecule has 0 saturated heterocycles. The number of nitrogens with zero attached hydrogens (tertiary/aromatic N) is 1. The van der Waals surface area contributed by atoms with Gasteiger partial charge in [-0.15, -0.1) is 12.4 Å². The Labute approximate surface area is 102 Å². The molecule has 0 bridgehead atoms. The van der Waals surface area contributed by atoms with Crippen LogP contribution >= 0.6 is 12.4 Å². The number of fused-ring (bicyclic) bond motifs is 1. The smallest absolute Gasteiger partial charge is 0.167 e. The van der Waals surface area contributed by atoms with Gasteiger partial charge in [-0.1, -0.05) is 43.5 Å². The molecule has 0 radical (unpaired) electrons. The number of rotatable bonds is 5. The summed E-state index contributed by atoms with van der Waals surface area (Å²) in [6.45, 7) is 2.23. The maximum atomic E-state index is 5.26. The van der Waals surface area contributed by atoms with Crippen molar-refractivity contribution in [3.8, 4) is 0 Å². The highest BCUT2D eigenvalue weighted by Gasteiger charge is 2.05. The van der Waals surface area contributed by atoms with E-state index in [0.29, 0.717) is 0 Å². The van der Waals surface area contributed by atoms with Crippen molar-refractivity contribution in [3.63, 3.8) is 0 Å². The fraction of sp³-hybridized carbons (Fsp3) is 0.462. The zero-order valence-corrected chi connectivity index (χ0v) is 10.4. The maximum Gasteiger partial charge on any atom is 0.167 e. The van der Waals surface area contributed by atoms with E-state index in [-0.39, 0.29) is 12.4 Å². The summed E-state index contributed by atoms with van der Waals surface area (Å²) in [5.74, 6) is 0. The molecule has 0 N–H and O–H groups in total. The van der Waals surface area contributed by atoms with Crippen molar-refractivity contribution in [1.82, 2.24) is 5.16 Å². The van der Waals surface area contributed by atoms with E-state index < -0.39 is 0 Å². The van der Waals surface area contributed by atoms with E-state index in [9.17, 15) is 0 Å². The van der Waals surface area contributed by atoms with Gasteiger partial charge in [0.25, 0.3) is 0 Å². The van der Waals surface area contributed by atoms with Gasteiger partial charge in [0.1, 0.15) is 0 Å². The second kappa shape index (κ2) is 6.54. The van der Waals surface area contributed by atoms with Crippen LogP contribution in [0.4, 0.5) is 0 Å². The molecular formula is C13H18ClNO. The van der Waals surface area contributed by atoms with E-state index in [1.54, 1.807) is 0 Å². The predicted molar refractivity (Wildman–Crippen MR) is 69.1 cm³/mol. The highest BCUT2D eigenvalue weighted by molar-refractivity contribution is 5.85. The van der Waals surface area contributed by atoms with Crippen LogP contribution in [0, 0.1) is 0 Å². The van der Waals surface area contributed by atoms with Gasteiger partial charge >= 0.3 is 0 Å². The van der Waals surface area contributed by atoms with Crippen LogP contribution in [0.1, 0.15) is 38.3 Å². The average Bonchev–Trinajstić information content (AvgIpc) is 2.68. The van der Waals surface area contributed by atoms with Crippen molar-refractivity contribution in [2.75, 3.05) is 0 Å². The van der Waals surface area contributed by atoms with Crippen LogP contribution in [0.5, 0.6) is 0 Å². The number of halogens is 1. The largest absolute Gasteiger partial charge is 0.356 e. The molecule has 0 spiro atoms. The summed E-state index contributed by atoms with van der Waals surface area (Å²) >= 11 is 0. The third-order valence-corrected chi connectivity index (χ3v) is 2.72. The minimum atomic E-state index is 0. The van der Waals surface area contributed by atoms with Gasteiger partial charge in [0.15, 0.2) is 5.58 Å². The second-order valence-electron chi connectivity index (χ2n) is 3.94. The number of para-hydroxylation sites is 1. The quantitative estimate of drug-likeness (QED) is 0.724. The van der Waals surface area contributed by atoms with Gasteiger partial charge in [0.05, 0.1) is 5.69 Å². The first kappa shape index (κ1) is 13.0. The second-order valence-corrected chi connectivity index (χ2v) is 3.94. The summed E-state index contributed by atoms with van der Waals surface area (Å²) in [5, 5.41) is 5.29. The van der Waals surface area contributed by atoms with E-state index in [0.717, 1.165) is 17.7 Å². The molecule has 1 aromatic heterocycles. The summed E-state index contributed by atoms with van der Waals surface area (Å²) in [5.41, 5.74) is 2.02. The number of hydrogen-bond acceptors (Lipinski definition) is 2. The molecule has 0 fully saturated rings. The first-order chi connectivity index (χ1) is 7.42. The molecule has 88 valence electrons. The molecule has 0 aliphatic heterocycles. The van der Waals surface area contributed by atoms with Crippen LogP contribution in [0.2, 0.25) is 0 Å². The molecule has 16 heavy (non-hydrogen) atoms. The lowest BCUT2D eigenvalue weighted by molar-refractivity contribution is 0.444. The predicted octanol–water partition coefficient (Wildman–Crippen LogP) is 4.37. The van der Waals surface area contributed by atoms with Crippen LogP contribution < -0.4 is 0 Å². The molecule has 0 unspecified atom stereocenters. The van der Waals surface area contributed by atoms with E-state index in [1.807, 2.05) is 18.2 Å². The van der Waals surface area contributed by atoms with Gasteiger partial charge in [-0.3, -0.25) is 0 Å². The molecule has 1 heterocycles. The Bertz CT molecular complexity index is 425. The molecule has 2 rings (SSSR count). The first-order valence-electron chi connectivity index (χ1n) is 5.75. The normalized spacial score (nSPS) is 10.3.